The number of hydrogen-bond acceptors (Lipinski definition) is 9. The topological polar surface area (TPSA) is 185 Å². The van der Waals surface area contributed by atoms with Crippen LogP contribution in [0.15, 0.2) is 60.0 Å². The third-order valence-electron chi connectivity index (χ3n) is 5.36. The third-order valence-corrected chi connectivity index (χ3v) is 6.81. The average molecular weight is 592 g/mol. The molecule has 13 nitrogen and oxygen atoms in total. The van der Waals surface area contributed by atoms with Crippen molar-refractivity contribution in [1.82, 2.24) is 15.6 Å². The van der Waals surface area contributed by atoms with Gasteiger partial charge >= 0.3 is 22.5 Å². The third kappa shape index (κ3) is 9.83. The van der Waals surface area contributed by atoms with Gasteiger partial charge in [0.1, 0.15) is 16.9 Å². The quantitative estimate of drug-likeness (QED) is 0.197. The monoisotopic (exact) mass is 591 g/mol. The first-order valence-corrected chi connectivity index (χ1v) is 14.3. The second kappa shape index (κ2) is 14.3. The predicted octanol–water partition coefficient (Wildman–Crippen LogP) is 3.29. The molecule has 0 aliphatic heterocycles. The van der Waals surface area contributed by atoms with Gasteiger partial charge in [0.05, 0.1) is 25.4 Å². The van der Waals surface area contributed by atoms with E-state index in [0.717, 1.165) is 5.56 Å². The van der Waals surface area contributed by atoms with Crippen LogP contribution in [-0.4, -0.2) is 55.8 Å². The summed E-state index contributed by atoms with van der Waals surface area (Å²) in [5.74, 6) is -0.266. The molecule has 40 heavy (non-hydrogen) atoms. The minimum atomic E-state index is -4.44. The van der Waals surface area contributed by atoms with Gasteiger partial charge in [-0.1, -0.05) is 42.5 Å². The lowest BCUT2D eigenvalue weighted by Crippen LogP contribution is -2.49. The lowest BCUT2D eigenvalue weighted by atomic mass is 10.0. The number of rotatable bonds is 12. The molecule has 1 heterocycles. The highest BCUT2D eigenvalue weighted by molar-refractivity contribution is 7.87. The van der Waals surface area contributed by atoms with E-state index in [2.05, 4.69) is 20.9 Å². The van der Waals surface area contributed by atoms with Crippen LogP contribution in [0.2, 0.25) is 0 Å². The van der Waals surface area contributed by atoms with Crippen molar-refractivity contribution < 1.29 is 36.8 Å². The molecule has 0 saturated carbocycles. The molecule has 0 aliphatic carbocycles. The molecule has 2 atom stereocenters. The van der Waals surface area contributed by atoms with Crippen molar-refractivity contribution in [1.29, 1.82) is 0 Å². The number of anilines is 2. The molecule has 3 aromatic rings. The molecular weight excluding hydrogens is 562 g/mol. The summed E-state index contributed by atoms with van der Waals surface area (Å²) in [5.41, 5.74) is 1.65. The Morgan fingerprint density at radius 1 is 0.975 bits per heavy atom. The van der Waals surface area contributed by atoms with Gasteiger partial charge in [0, 0.05) is 11.8 Å². The Balaban J connectivity index is 1.86. The molecule has 0 aliphatic rings. The van der Waals surface area contributed by atoms with Crippen molar-refractivity contribution in [2.75, 3.05) is 23.8 Å². The number of alkyl carbamates (subject to hydrolysis) is 1. The molecular formula is C25H29N5O8S2. The van der Waals surface area contributed by atoms with Crippen LogP contribution < -0.4 is 20.7 Å². The normalized spacial score (nSPS) is 12.5. The van der Waals surface area contributed by atoms with Crippen molar-refractivity contribution in [2.24, 2.45) is 0 Å². The molecule has 1 unspecified atom stereocenters. The maximum Gasteiger partial charge on any atom is 0.412 e. The zero-order valence-electron chi connectivity index (χ0n) is 21.6. The fourth-order valence-corrected chi connectivity index (χ4v) is 4.84. The molecule has 0 fully saturated rings. The molecule has 15 heteroatoms. The highest BCUT2D eigenvalue weighted by Crippen LogP contribution is 2.26. The SMILES string of the molecule is CCOC(=O)Nc1csc([C@H](Cc2ccc(NS(=O)(=O)O)cc2)NC(=O)C(Cc2ccccc2)NC(=O)OC)n1. The van der Waals surface area contributed by atoms with Crippen molar-refractivity contribution in [3.63, 3.8) is 0 Å². The molecule has 3 amide bonds. The van der Waals surface area contributed by atoms with Crippen LogP contribution in [0.5, 0.6) is 0 Å². The first kappa shape index (κ1) is 30.3. The zero-order valence-corrected chi connectivity index (χ0v) is 23.3. The van der Waals surface area contributed by atoms with Gasteiger partial charge in [-0.3, -0.25) is 19.4 Å². The number of aromatic nitrogens is 1. The summed E-state index contributed by atoms with van der Waals surface area (Å²) < 4.78 is 42.7. The maximum absolute atomic E-state index is 13.5. The molecule has 0 bridgehead atoms. The summed E-state index contributed by atoms with van der Waals surface area (Å²) in [6.07, 6.45) is -1.03. The maximum atomic E-state index is 13.5. The van der Waals surface area contributed by atoms with Crippen molar-refractivity contribution >= 4 is 51.2 Å². The van der Waals surface area contributed by atoms with E-state index < -0.39 is 40.5 Å². The summed E-state index contributed by atoms with van der Waals surface area (Å²) in [6, 6.07) is 13.6. The van der Waals surface area contributed by atoms with Crippen LogP contribution in [0.25, 0.3) is 0 Å². The molecule has 214 valence electrons. The number of benzene rings is 2. The van der Waals surface area contributed by atoms with Crippen LogP contribution in [-0.2, 0) is 37.4 Å². The molecule has 0 saturated heterocycles. The van der Waals surface area contributed by atoms with E-state index in [1.165, 1.54) is 30.6 Å². The number of carbonyl (C=O) groups is 3. The Labute approximate surface area is 235 Å². The number of nitrogens with one attached hydrogen (secondary N) is 4. The fourth-order valence-electron chi connectivity index (χ4n) is 3.60. The van der Waals surface area contributed by atoms with E-state index in [-0.39, 0.29) is 31.0 Å². The van der Waals surface area contributed by atoms with Crippen LogP contribution >= 0.6 is 11.3 Å². The Kier molecular flexibility index (Phi) is 10.8. The van der Waals surface area contributed by atoms with E-state index in [0.29, 0.717) is 10.6 Å². The second-order valence-electron chi connectivity index (χ2n) is 8.33. The number of hydrogen-bond donors (Lipinski definition) is 5. The molecule has 5 N–H and O–H groups in total. The van der Waals surface area contributed by atoms with Gasteiger partial charge in [-0.2, -0.15) is 8.42 Å². The van der Waals surface area contributed by atoms with Crippen LogP contribution in [0.4, 0.5) is 21.1 Å². The highest BCUT2D eigenvalue weighted by Gasteiger charge is 2.27. The van der Waals surface area contributed by atoms with E-state index >= 15 is 0 Å². The van der Waals surface area contributed by atoms with Crippen molar-refractivity contribution in [2.45, 2.75) is 31.8 Å². The van der Waals surface area contributed by atoms with Crippen LogP contribution in [0.1, 0.15) is 29.1 Å². The van der Waals surface area contributed by atoms with Crippen LogP contribution in [0, 0.1) is 0 Å². The summed E-state index contributed by atoms with van der Waals surface area (Å²) in [4.78, 5) is 41.7. The minimum Gasteiger partial charge on any atom is -0.453 e. The van der Waals surface area contributed by atoms with Gasteiger partial charge in [0.15, 0.2) is 0 Å². The molecule has 0 radical (unpaired) electrons. The van der Waals surface area contributed by atoms with Crippen molar-refractivity contribution in [3.8, 4) is 0 Å². The molecule has 2 aromatic carbocycles. The Morgan fingerprint density at radius 2 is 1.65 bits per heavy atom. The second-order valence-corrected chi connectivity index (χ2v) is 10.4. The van der Waals surface area contributed by atoms with E-state index in [1.807, 2.05) is 35.1 Å². The van der Waals surface area contributed by atoms with E-state index in [1.54, 1.807) is 24.4 Å². The number of nitrogens with zero attached hydrogens (tertiary/aromatic N) is 1. The van der Waals surface area contributed by atoms with E-state index in [4.69, 9.17) is 14.0 Å². The highest BCUT2D eigenvalue weighted by atomic mass is 32.2. The first-order chi connectivity index (χ1) is 19.1. The van der Waals surface area contributed by atoms with E-state index in [9.17, 15) is 22.8 Å². The molecule has 1 aromatic heterocycles. The Hall–Kier alpha value is -4.21. The lowest BCUT2D eigenvalue weighted by molar-refractivity contribution is -0.123. The van der Waals surface area contributed by atoms with Gasteiger partial charge in [0.25, 0.3) is 0 Å². The predicted molar refractivity (Wildman–Crippen MR) is 148 cm³/mol. The molecule has 0 spiro atoms. The van der Waals surface area contributed by atoms with Crippen molar-refractivity contribution in [3.05, 3.63) is 76.1 Å². The number of thiazole rings is 1. The number of methoxy groups -OCH3 is 1. The first-order valence-electron chi connectivity index (χ1n) is 12.0. The van der Waals surface area contributed by atoms with Gasteiger partial charge in [-0.15, -0.1) is 11.3 Å². The number of carbonyl (C=O) groups excluding carboxylic acids is 3. The smallest absolute Gasteiger partial charge is 0.412 e. The molecule has 3 rings (SSSR count). The standard InChI is InChI=1S/C25H29N5O8S2/c1-3-38-25(33)29-21-15-39-23(28-21)20(14-17-9-11-18(12-10-17)30-40(34,35)36)26-22(31)19(27-24(32)37-2)13-16-7-5-4-6-8-16/h4-12,15,19-20,30H,3,13-14H2,1-2H3,(H,26,31)(H,27,32)(H,29,33)(H,34,35,36)/t19?,20-/m0/s1. The lowest BCUT2D eigenvalue weighted by Gasteiger charge is -2.22. The van der Waals surface area contributed by atoms with Gasteiger partial charge in [-0.25, -0.2) is 14.6 Å². The summed E-state index contributed by atoms with van der Waals surface area (Å²) in [6.45, 7) is 1.85. The average Bonchev–Trinajstić information content (AvgIpc) is 3.37. The van der Waals surface area contributed by atoms with Gasteiger partial charge in [0.2, 0.25) is 5.91 Å². The summed E-state index contributed by atoms with van der Waals surface area (Å²) in [7, 11) is -3.24. The zero-order chi connectivity index (χ0) is 29.1. The van der Waals surface area contributed by atoms with Gasteiger partial charge < -0.3 is 20.1 Å². The van der Waals surface area contributed by atoms with Crippen LogP contribution in [0.3, 0.4) is 0 Å². The largest absolute Gasteiger partial charge is 0.453 e. The number of amides is 3. The fraction of sp³-hybridized carbons (Fsp3) is 0.280. The Bertz CT molecular complexity index is 1400. The van der Waals surface area contributed by atoms with Gasteiger partial charge in [-0.05, 0) is 36.6 Å². The summed E-state index contributed by atoms with van der Waals surface area (Å²) >= 11 is 1.19. The summed E-state index contributed by atoms with van der Waals surface area (Å²) in [5, 5.41) is 10.0. The Morgan fingerprint density at radius 3 is 2.27 bits per heavy atom. The number of ether oxygens (including phenoxy) is 2. The minimum absolute atomic E-state index is 0.146.